The molecule has 0 unspecified atom stereocenters. The molecule has 0 saturated carbocycles. The van der Waals surface area contributed by atoms with Crippen LogP contribution in [0.25, 0.3) is 16.6 Å². The van der Waals surface area contributed by atoms with Crippen molar-refractivity contribution in [1.29, 1.82) is 0 Å². The van der Waals surface area contributed by atoms with Crippen molar-refractivity contribution in [3.63, 3.8) is 0 Å². The minimum Gasteiger partial charge on any atom is -0.290 e. The van der Waals surface area contributed by atoms with Crippen molar-refractivity contribution in [3.8, 4) is 0 Å². The Bertz CT molecular complexity index is 987. The van der Waals surface area contributed by atoms with Gasteiger partial charge in [0.25, 0.3) is 5.91 Å². The molecular weight excluding hydrogens is 278 g/mol. The van der Waals surface area contributed by atoms with Gasteiger partial charge in [-0.25, -0.2) is 0 Å². The number of anilines is 1. The van der Waals surface area contributed by atoms with Crippen molar-refractivity contribution in [3.05, 3.63) is 66.5 Å². The van der Waals surface area contributed by atoms with E-state index < -0.39 is 0 Å². The van der Waals surface area contributed by atoms with Gasteiger partial charge in [-0.1, -0.05) is 24.3 Å². The summed E-state index contributed by atoms with van der Waals surface area (Å²) in [4.78, 5) is 16.8. The Morgan fingerprint density at radius 1 is 1.00 bits per heavy atom. The normalized spacial score (nSPS) is 10.9. The van der Waals surface area contributed by atoms with E-state index in [1.807, 2.05) is 42.5 Å². The smallest absolute Gasteiger partial charge is 0.260 e. The van der Waals surface area contributed by atoms with Gasteiger partial charge in [0.1, 0.15) is 0 Å². The fourth-order valence-electron chi connectivity index (χ4n) is 2.38. The average molecular weight is 289 g/mol. The van der Waals surface area contributed by atoms with Gasteiger partial charge in [0.05, 0.1) is 11.1 Å². The van der Waals surface area contributed by atoms with E-state index in [4.69, 9.17) is 0 Å². The van der Waals surface area contributed by atoms with Crippen LogP contribution in [0, 0.1) is 0 Å². The third-order valence-electron chi connectivity index (χ3n) is 3.42. The Labute approximate surface area is 125 Å². The van der Waals surface area contributed by atoms with Crippen molar-refractivity contribution in [2.75, 3.05) is 5.32 Å². The summed E-state index contributed by atoms with van der Waals surface area (Å²) < 4.78 is 1.72. The number of hydrogen-bond donors (Lipinski definition) is 1. The predicted molar refractivity (Wildman–Crippen MR) is 82.7 cm³/mol. The first-order valence-electron chi connectivity index (χ1n) is 6.78. The number of benzene rings is 1. The van der Waals surface area contributed by atoms with E-state index in [1.165, 1.54) is 0 Å². The highest BCUT2D eigenvalue weighted by molar-refractivity contribution is 6.11. The fraction of sp³-hybridized carbons (Fsp3) is 0. The third kappa shape index (κ3) is 1.98. The third-order valence-corrected chi connectivity index (χ3v) is 3.42. The molecule has 3 aromatic heterocycles. The summed E-state index contributed by atoms with van der Waals surface area (Å²) in [5.74, 6) is 0.121. The Morgan fingerprint density at radius 2 is 1.91 bits per heavy atom. The summed E-state index contributed by atoms with van der Waals surface area (Å²) in [7, 11) is 0. The second-order valence-corrected chi connectivity index (χ2v) is 4.79. The van der Waals surface area contributed by atoms with Gasteiger partial charge in [-0.15, -0.1) is 10.2 Å². The van der Waals surface area contributed by atoms with Crippen molar-refractivity contribution >= 4 is 28.4 Å². The minimum absolute atomic E-state index is 0.262. The Morgan fingerprint density at radius 3 is 2.86 bits per heavy atom. The molecule has 1 amide bonds. The van der Waals surface area contributed by atoms with Crippen LogP contribution in [0.15, 0.2) is 60.9 Å². The second-order valence-electron chi connectivity index (χ2n) is 4.79. The lowest BCUT2D eigenvalue weighted by Gasteiger charge is -2.06. The van der Waals surface area contributed by atoms with Gasteiger partial charge in [-0.3, -0.25) is 19.5 Å². The Balaban J connectivity index is 1.75. The summed E-state index contributed by atoms with van der Waals surface area (Å²) in [6.45, 7) is 0. The number of amides is 1. The molecule has 0 aliphatic carbocycles. The molecule has 4 aromatic rings. The van der Waals surface area contributed by atoms with Crippen LogP contribution in [0.5, 0.6) is 0 Å². The van der Waals surface area contributed by atoms with Crippen LogP contribution in [0.3, 0.4) is 0 Å². The summed E-state index contributed by atoms with van der Waals surface area (Å²) in [6.07, 6.45) is 3.47. The van der Waals surface area contributed by atoms with Gasteiger partial charge < -0.3 is 0 Å². The van der Waals surface area contributed by atoms with Crippen molar-refractivity contribution in [2.24, 2.45) is 0 Å². The molecule has 0 fully saturated rings. The van der Waals surface area contributed by atoms with Crippen LogP contribution < -0.4 is 5.32 Å². The number of pyridine rings is 2. The standard InChI is InChI=1S/C16H11N5O/c22-15(12-7-3-5-11-6-4-9-17-14(11)12)18-16-20-19-13-8-1-2-10-21(13)16/h1-10H,(H,18,20,22). The first-order chi connectivity index (χ1) is 10.8. The second kappa shape index (κ2) is 4.92. The van der Waals surface area contributed by atoms with Crippen LogP contribution in [-0.4, -0.2) is 25.5 Å². The quantitative estimate of drug-likeness (QED) is 0.615. The minimum atomic E-state index is -0.262. The summed E-state index contributed by atoms with van der Waals surface area (Å²) in [5.41, 5.74) is 1.84. The molecule has 0 spiro atoms. The molecule has 0 radical (unpaired) electrons. The Hall–Kier alpha value is -3.28. The van der Waals surface area contributed by atoms with E-state index in [9.17, 15) is 4.79 Å². The van der Waals surface area contributed by atoms with Gasteiger partial charge in [-0.2, -0.15) is 0 Å². The zero-order valence-corrected chi connectivity index (χ0v) is 11.5. The zero-order valence-electron chi connectivity index (χ0n) is 11.5. The molecule has 6 heteroatoms. The molecule has 0 atom stereocenters. The first kappa shape index (κ1) is 12.5. The SMILES string of the molecule is O=C(Nc1nnc2ccccn12)c1cccc2cccnc12. The number of carbonyl (C=O) groups is 1. The van der Waals surface area contributed by atoms with E-state index in [0.717, 1.165) is 5.39 Å². The van der Waals surface area contributed by atoms with Crippen LogP contribution in [0.4, 0.5) is 5.95 Å². The molecule has 1 N–H and O–H groups in total. The van der Waals surface area contributed by atoms with Crippen LogP contribution in [-0.2, 0) is 0 Å². The van der Waals surface area contributed by atoms with Crippen LogP contribution >= 0.6 is 0 Å². The largest absolute Gasteiger partial charge is 0.290 e. The molecule has 6 nitrogen and oxygen atoms in total. The molecule has 0 bridgehead atoms. The number of nitrogens with zero attached hydrogens (tertiary/aromatic N) is 4. The molecule has 0 saturated heterocycles. The number of hydrogen-bond acceptors (Lipinski definition) is 4. The van der Waals surface area contributed by atoms with Gasteiger partial charge in [-0.05, 0) is 24.3 Å². The van der Waals surface area contributed by atoms with Crippen LogP contribution in [0.1, 0.15) is 10.4 Å². The first-order valence-corrected chi connectivity index (χ1v) is 6.78. The summed E-state index contributed by atoms with van der Waals surface area (Å²) in [5, 5.41) is 11.7. The average Bonchev–Trinajstić information content (AvgIpc) is 2.97. The van der Waals surface area contributed by atoms with E-state index in [0.29, 0.717) is 22.7 Å². The highest BCUT2D eigenvalue weighted by atomic mass is 16.1. The molecule has 4 rings (SSSR count). The molecule has 0 aliphatic heterocycles. The molecular formula is C16H11N5O. The van der Waals surface area contributed by atoms with Crippen molar-refractivity contribution < 1.29 is 4.79 Å². The zero-order chi connectivity index (χ0) is 14.9. The number of nitrogens with one attached hydrogen (secondary N) is 1. The number of fused-ring (bicyclic) bond motifs is 2. The number of para-hydroxylation sites is 1. The molecule has 3 heterocycles. The van der Waals surface area contributed by atoms with Gasteiger partial charge in [0, 0.05) is 17.8 Å². The lowest BCUT2D eigenvalue weighted by Crippen LogP contribution is -2.15. The van der Waals surface area contributed by atoms with E-state index in [-0.39, 0.29) is 5.91 Å². The lowest BCUT2D eigenvalue weighted by molar-refractivity contribution is 0.102. The molecule has 22 heavy (non-hydrogen) atoms. The molecule has 1 aromatic carbocycles. The number of aromatic nitrogens is 4. The lowest BCUT2D eigenvalue weighted by atomic mass is 10.1. The molecule has 0 aliphatic rings. The van der Waals surface area contributed by atoms with E-state index >= 15 is 0 Å². The maximum Gasteiger partial charge on any atom is 0.260 e. The van der Waals surface area contributed by atoms with Gasteiger partial charge in [0.2, 0.25) is 5.95 Å². The predicted octanol–water partition coefficient (Wildman–Crippen LogP) is 2.53. The number of rotatable bonds is 2. The summed E-state index contributed by atoms with van der Waals surface area (Å²) >= 11 is 0. The maximum atomic E-state index is 12.5. The molecule has 106 valence electrons. The fourth-order valence-corrected chi connectivity index (χ4v) is 2.38. The highest BCUT2D eigenvalue weighted by Gasteiger charge is 2.14. The van der Waals surface area contributed by atoms with Crippen LogP contribution in [0.2, 0.25) is 0 Å². The summed E-state index contributed by atoms with van der Waals surface area (Å²) in [6, 6.07) is 14.8. The van der Waals surface area contributed by atoms with Gasteiger partial charge >= 0.3 is 0 Å². The highest BCUT2D eigenvalue weighted by Crippen LogP contribution is 2.17. The monoisotopic (exact) mass is 289 g/mol. The van der Waals surface area contributed by atoms with E-state index in [2.05, 4.69) is 20.5 Å². The maximum absolute atomic E-state index is 12.5. The van der Waals surface area contributed by atoms with Crippen molar-refractivity contribution in [1.82, 2.24) is 19.6 Å². The van der Waals surface area contributed by atoms with Crippen molar-refractivity contribution in [2.45, 2.75) is 0 Å². The topological polar surface area (TPSA) is 72.2 Å². The van der Waals surface area contributed by atoms with E-state index in [1.54, 1.807) is 22.9 Å². The number of carbonyl (C=O) groups excluding carboxylic acids is 1. The Kier molecular flexibility index (Phi) is 2.79. The van der Waals surface area contributed by atoms with Gasteiger partial charge in [0.15, 0.2) is 5.65 Å².